The normalized spacial score (nSPS) is 13.0. The molecule has 0 radical (unpaired) electrons. The molecule has 0 bridgehead atoms. The molecule has 0 aromatic rings. The summed E-state index contributed by atoms with van der Waals surface area (Å²) in [6.45, 7) is 30.4. The Balaban J connectivity index is -0.000000468. The second-order valence-electron chi connectivity index (χ2n) is 22.9. The largest absolute Gasteiger partial charge is 0.466 e. The fourth-order valence-corrected chi connectivity index (χ4v) is 9.38. The molecule has 1 aliphatic heterocycles. The van der Waals surface area contributed by atoms with Crippen molar-refractivity contribution in [3.63, 3.8) is 0 Å². The highest BCUT2D eigenvalue weighted by Gasteiger charge is 2.15. The maximum atomic E-state index is 11.9. The van der Waals surface area contributed by atoms with Gasteiger partial charge in [-0.25, -0.2) is 0 Å². The predicted octanol–water partition coefficient (Wildman–Crippen LogP) is 21.9. The summed E-state index contributed by atoms with van der Waals surface area (Å²) in [5, 5.41) is 0. The molecule has 1 aliphatic rings. The second kappa shape index (κ2) is 66.7. The van der Waals surface area contributed by atoms with Crippen molar-refractivity contribution in [2.24, 2.45) is 29.6 Å². The van der Waals surface area contributed by atoms with Crippen molar-refractivity contribution in [2.45, 2.75) is 353 Å². The smallest absolute Gasteiger partial charge is 0.305 e. The molecule has 0 saturated carbocycles. The molecule has 0 aromatic carbocycles. The van der Waals surface area contributed by atoms with E-state index in [1.165, 1.54) is 212 Å². The number of unbranched alkanes of at least 4 members (excludes halogenated alkanes) is 19. The molecule has 1 fully saturated rings. The first-order chi connectivity index (χ1) is 35.4. The average Bonchev–Trinajstić information content (AvgIpc) is 3.39. The van der Waals surface area contributed by atoms with Gasteiger partial charge in [-0.05, 0) is 95.2 Å². The van der Waals surface area contributed by atoms with Gasteiger partial charge in [-0.1, -0.05) is 289 Å². The molecule has 1 rings (SSSR count). The predicted molar refractivity (Wildman–Crippen MR) is 325 cm³/mol. The zero-order valence-corrected chi connectivity index (χ0v) is 52.5. The van der Waals surface area contributed by atoms with Crippen LogP contribution >= 0.6 is 0 Å². The quantitative estimate of drug-likeness (QED) is 0.0344. The van der Waals surface area contributed by atoms with E-state index in [4.69, 9.17) is 9.47 Å². The molecule has 73 heavy (non-hydrogen) atoms. The van der Waals surface area contributed by atoms with E-state index < -0.39 is 0 Å². The van der Waals surface area contributed by atoms with Gasteiger partial charge in [0.25, 0.3) is 0 Å². The maximum absolute atomic E-state index is 11.9. The Kier molecular flexibility index (Phi) is 71.3. The molecule has 1 atom stereocenters. The lowest BCUT2D eigenvalue weighted by Gasteiger charge is -2.25. The van der Waals surface area contributed by atoms with Crippen LogP contribution in [-0.2, 0) is 23.9 Å². The fourth-order valence-electron chi connectivity index (χ4n) is 9.38. The molecule has 1 unspecified atom stereocenters. The van der Waals surface area contributed by atoms with E-state index in [0.717, 1.165) is 88.0 Å². The summed E-state index contributed by atoms with van der Waals surface area (Å²) < 4.78 is 10.8. The minimum absolute atomic E-state index is 0.00229. The number of aldehydes is 1. The summed E-state index contributed by atoms with van der Waals surface area (Å²) in [5.74, 6) is 3.80. The number of likely N-dealkylation sites (tertiary alicyclic amines) is 1. The minimum Gasteiger partial charge on any atom is -0.466 e. The number of esters is 2. The highest BCUT2D eigenvalue weighted by atomic mass is 16.5. The summed E-state index contributed by atoms with van der Waals surface area (Å²) in [4.78, 5) is 36.0. The summed E-state index contributed by atoms with van der Waals surface area (Å²) in [5.41, 5.74) is 0. The Morgan fingerprint density at radius 3 is 1.07 bits per heavy atom. The van der Waals surface area contributed by atoms with E-state index in [-0.39, 0.29) is 11.9 Å². The van der Waals surface area contributed by atoms with Crippen molar-refractivity contribution in [1.29, 1.82) is 0 Å². The third-order valence-electron chi connectivity index (χ3n) is 15.2. The number of hydrogen-bond donors (Lipinski definition) is 0. The molecule has 0 aliphatic carbocycles. The molecular formula is C67H137NO5. The van der Waals surface area contributed by atoms with Crippen molar-refractivity contribution in [2.75, 3.05) is 33.4 Å². The zero-order valence-electron chi connectivity index (χ0n) is 52.5. The Morgan fingerprint density at radius 2 is 0.726 bits per heavy atom. The van der Waals surface area contributed by atoms with Crippen molar-refractivity contribution in [1.82, 2.24) is 4.90 Å². The van der Waals surface area contributed by atoms with Crippen molar-refractivity contribution in [3.05, 3.63) is 0 Å². The Labute approximate surface area is 460 Å². The van der Waals surface area contributed by atoms with Gasteiger partial charge in [0, 0.05) is 18.8 Å². The number of carbonyl (C=O) groups is 3. The van der Waals surface area contributed by atoms with Crippen LogP contribution in [-0.4, -0.2) is 56.5 Å². The summed E-state index contributed by atoms with van der Waals surface area (Å²) in [6.07, 6.45) is 54.0. The van der Waals surface area contributed by atoms with Crippen LogP contribution < -0.4 is 0 Å². The van der Waals surface area contributed by atoms with Crippen LogP contribution in [0.25, 0.3) is 0 Å². The zero-order chi connectivity index (χ0) is 55.3. The van der Waals surface area contributed by atoms with E-state index in [1.54, 1.807) is 0 Å². The van der Waals surface area contributed by atoms with Gasteiger partial charge in [-0.15, -0.1) is 0 Å². The topological polar surface area (TPSA) is 72.9 Å². The average molecular weight is 1040 g/mol. The van der Waals surface area contributed by atoms with Gasteiger partial charge in [-0.2, -0.15) is 0 Å². The number of piperidine rings is 1. The molecule has 6 nitrogen and oxygen atoms in total. The lowest BCUT2D eigenvalue weighted by atomic mass is 9.90. The molecular weight excluding hydrogens is 899 g/mol. The SMILES string of the molecule is CCC(C)C.CCCCCCC.CCCCCCCC(CCC)CCCOC(=O)CCCCCC(CC)CC.CCCCCCCC(CCCCCCC)CCCOC(=O)CCCC.CN1CCC(C=O)CC1. The van der Waals surface area contributed by atoms with Crippen molar-refractivity contribution in [3.8, 4) is 0 Å². The van der Waals surface area contributed by atoms with Crippen LogP contribution in [0.15, 0.2) is 0 Å². The van der Waals surface area contributed by atoms with Gasteiger partial charge in [0.15, 0.2) is 0 Å². The number of ether oxygens (including phenoxy) is 2. The molecule has 1 saturated heterocycles. The van der Waals surface area contributed by atoms with E-state index >= 15 is 0 Å². The van der Waals surface area contributed by atoms with Crippen LogP contribution in [0.5, 0.6) is 0 Å². The summed E-state index contributed by atoms with van der Waals surface area (Å²) >= 11 is 0. The minimum atomic E-state index is -0.00229. The van der Waals surface area contributed by atoms with E-state index in [1.807, 2.05) is 0 Å². The van der Waals surface area contributed by atoms with Gasteiger partial charge in [-0.3, -0.25) is 9.59 Å². The molecule has 0 amide bonds. The number of nitrogens with zero attached hydrogens (tertiary/aromatic N) is 1. The Morgan fingerprint density at radius 1 is 0.411 bits per heavy atom. The summed E-state index contributed by atoms with van der Waals surface area (Å²) in [7, 11) is 2.10. The monoisotopic (exact) mass is 1040 g/mol. The van der Waals surface area contributed by atoms with Crippen LogP contribution in [0.1, 0.15) is 353 Å². The first kappa shape index (κ1) is 78.1. The van der Waals surface area contributed by atoms with Gasteiger partial charge in [0.2, 0.25) is 0 Å². The Bertz CT molecular complexity index is 1020. The highest BCUT2D eigenvalue weighted by molar-refractivity contribution is 5.69. The Hall–Kier alpha value is -1.43. The lowest BCUT2D eigenvalue weighted by molar-refractivity contribution is -0.144. The number of hydrogen-bond acceptors (Lipinski definition) is 6. The first-order valence-electron chi connectivity index (χ1n) is 32.9. The fraction of sp³-hybridized carbons (Fsp3) is 0.955. The van der Waals surface area contributed by atoms with Crippen LogP contribution in [0.3, 0.4) is 0 Å². The highest BCUT2D eigenvalue weighted by Crippen LogP contribution is 2.24. The van der Waals surface area contributed by atoms with Gasteiger partial charge >= 0.3 is 11.9 Å². The number of rotatable bonds is 45. The molecule has 0 N–H and O–H groups in total. The lowest BCUT2D eigenvalue weighted by Crippen LogP contribution is -2.30. The van der Waals surface area contributed by atoms with E-state index in [9.17, 15) is 14.4 Å². The van der Waals surface area contributed by atoms with Gasteiger partial charge in [0.05, 0.1) is 13.2 Å². The van der Waals surface area contributed by atoms with E-state index in [2.05, 4.69) is 95.0 Å². The first-order valence-corrected chi connectivity index (χ1v) is 32.9. The third kappa shape index (κ3) is 66.6. The van der Waals surface area contributed by atoms with Crippen LogP contribution in [0, 0.1) is 29.6 Å². The molecule has 6 heteroatoms. The van der Waals surface area contributed by atoms with Gasteiger partial charge in [0.1, 0.15) is 6.29 Å². The standard InChI is InChI=1S/C25H50O2.C23H46O2.C7H13NO.C7H16.C5H12/c1-5-9-10-11-13-19-24(17-6-2)20-16-22-27-25(26)21-15-12-14-18-23(7-3)8-4;1-4-7-10-12-14-17-22(18-15-13-11-8-5-2)19-16-21-25-23(24)20-9-6-3;1-8-4-2-7(6-9)3-5-8;1-3-5-7-6-4-2;1-4-5(2)3/h23-24H,5-22H2,1-4H3;22H,4-21H2,1-3H3;6-7H,2-5H2,1H3;3-7H2,1-2H3;5H,4H2,1-3H3. The van der Waals surface area contributed by atoms with Crippen LogP contribution in [0.2, 0.25) is 0 Å². The molecule has 1 heterocycles. The third-order valence-corrected chi connectivity index (χ3v) is 15.2. The van der Waals surface area contributed by atoms with Crippen molar-refractivity contribution >= 4 is 18.2 Å². The van der Waals surface area contributed by atoms with Crippen LogP contribution in [0.4, 0.5) is 0 Å². The summed E-state index contributed by atoms with van der Waals surface area (Å²) in [6, 6.07) is 0. The second-order valence-corrected chi connectivity index (χ2v) is 22.9. The van der Waals surface area contributed by atoms with Crippen molar-refractivity contribution < 1.29 is 23.9 Å². The van der Waals surface area contributed by atoms with E-state index in [0.29, 0.717) is 32.0 Å². The molecule has 0 spiro atoms. The number of carbonyl (C=O) groups excluding carboxylic acids is 3. The van der Waals surface area contributed by atoms with Gasteiger partial charge < -0.3 is 19.2 Å². The molecule has 440 valence electrons. The molecule has 0 aromatic heterocycles. The maximum Gasteiger partial charge on any atom is 0.305 e.